The summed E-state index contributed by atoms with van der Waals surface area (Å²) in [6.45, 7) is 4.61. The first-order chi connectivity index (χ1) is 29.5. The first-order valence-corrected chi connectivity index (χ1v) is 26.9. The molecule has 0 aromatic carbocycles. The van der Waals surface area contributed by atoms with Crippen molar-refractivity contribution in [3.05, 3.63) is 48.6 Å². The summed E-state index contributed by atoms with van der Waals surface area (Å²) >= 11 is 0. The zero-order chi connectivity index (χ0) is 45.0. The fourth-order valence-electron chi connectivity index (χ4n) is 7.33. The molecule has 0 radical (unpaired) electrons. The van der Waals surface area contributed by atoms with Gasteiger partial charge in [0.15, 0.2) is 0 Å². The molecule has 0 saturated heterocycles. The number of unbranched alkanes of at least 4 members (excludes halogenated alkanes) is 25. The van der Waals surface area contributed by atoms with Crippen molar-refractivity contribution in [2.75, 3.05) is 40.9 Å². The zero-order valence-electron chi connectivity index (χ0n) is 40.6. The van der Waals surface area contributed by atoms with Gasteiger partial charge >= 0.3 is 0 Å². The Bertz CT molecular complexity index is 1130. The van der Waals surface area contributed by atoms with Gasteiger partial charge in [0.25, 0.3) is 7.82 Å². The third kappa shape index (κ3) is 46.3. The molecule has 1 amide bonds. The first-order valence-electron chi connectivity index (χ1n) is 25.5. The molecule has 358 valence electrons. The highest BCUT2D eigenvalue weighted by Gasteiger charge is 2.24. The van der Waals surface area contributed by atoms with Crippen LogP contribution >= 0.6 is 7.82 Å². The lowest BCUT2D eigenvalue weighted by molar-refractivity contribution is -0.870. The number of likely N-dealkylation sites (N-methyl/N-ethyl adjacent to an activating group) is 1. The van der Waals surface area contributed by atoms with Gasteiger partial charge in [0.2, 0.25) is 5.91 Å². The Labute approximate surface area is 378 Å². The van der Waals surface area contributed by atoms with Gasteiger partial charge in [0.1, 0.15) is 13.2 Å². The van der Waals surface area contributed by atoms with E-state index in [1.54, 1.807) is 0 Å². The molecule has 0 aliphatic carbocycles. The second kappa shape index (κ2) is 43.7. The minimum absolute atomic E-state index is 0.00912. The van der Waals surface area contributed by atoms with Crippen LogP contribution in [0.3, 0.4) is 0 Å². The number of allylic oxidation sites excluding steroid dienone is 8. The Morgan fingerprint density at radius 3 is 1.46 bits per heavy atom. The number of hydrogen-bond acceptors (Lipinski definition) is 6. The number of quaternary nitrogens is 1. The predicted molar refractivity (Wildman–Crippen MR) is 261 cm³/mol. The van der Waals surface area contributed by atoms with Gasteiger partial charge in [-0.2, -0.15) is 0 Å². The molecule has 0 aromatic rings. The molecule has 0 aliphatic rings. The summed E-state index contributed by atoms with van der Waals surface area (Å²) in [6.07, 6.45) is 55.4. The van der Waals surface area contributed by atoms with Crippen molar-refractivity contribution in [3.63, 3.8) is 0 Å². The highest BCUT2D eigenvalue weighted by Crippen LogP contribution is 2.38. The summed E-state index contributed by atoms with van der Waals surface area (Å²) in [5.74, 6) is -0.173. The molecule has 2 N–H and O–H groups in total. The first kappa shape index (κ1) is 59.5. The van der Waals surface area contributed by atoms with Crippen LogP contribution in [0.4, 0.5) is 0 Å². The highest BCUT2D eigenvalue weighted by atomic mass is 31.2. The minimum Gasteiger partial charge on any atom is -0.756 e. The van der Waals surface area contributed by atoms with Gasteiger partial charge in [-0.05, 0) is 51.4 Å². The van der Waals surface area contributed by atoms with Gasteiger partial charge in [-0.15, -0.1) is 0 Å². The Hall–Kier alpha value is -1.54. The Morgan fingerprint density at radius 2 is 1.00 bits per heavy atom. The summed E-state index contributed by atoms with van der Waals surface area (Å²) in [6, 6.07) is -0.806. The fraction of sp³-hybridized carbons (Fsp3) is 0.827. The normalized spacial score (nSPS) is 14.5. The lowest BCUT2D eigenvalue weighted by atomic mass is 10.0. The Morgan fingerprint density at radius 1 is 0.590 bits per heavy atom. The van der Waals surface area contributed by atoms with E-state index in [0.717, 1.165) is 70.6 Å². The van der Waals surface area contributed by atoms with Crippen LogP contribution in [-0.2, 0) is 18.4 Å². The van der Waals surface area contributed by atoms with Crippen molar-refractivity contribution in [3.8, 4) is 0 Å². The highest BCUT2D eigenvalue weighted by molar-refractivity contribution is 7.45. The van der Waals surface area contributed by atoms with Crippen LogP contribution in [0, 0.1) is 0 Å². The lowest BCUT2D eigenvalue weighted by Gasteiger charge is -2.30. The average molecular weight is 879 g/mol. The number of aliphatic hydroxyl groups is 1. The van der Waals surface area contributed by atoms with Crippen molar-refractivity contribution in [2.24, 2.45) is 0 Å². The van der Waals surface area contributed by atoms with Crippen molar-refractivity contribution in [2.45, 2.75) is 238 Å². The molecule has 8 nitrogen and oxygen atoms in total. The van der Waals surface area contributed by atoms with E-state index in [9.17, 15) is 19.4 Å². The molecule has 0 rings (SSSR count). The maximum atomic E-state index is 12.9. The number of rotatable bonds is 46. The number of hydrogen-bond donors (Lipinski definition) is 2. The summed E-state index contributed by atoms with van der Waals surface area (Å²) in [5, 5.41) is 14.0. The fourth-order valence-corrected chi connectivity index (χ4v) is 8.05. The quantitative estimate of drug-likeness (QED) is 0.0273. The van der Waals surface area contributed by atoms with E-state index in [-0.39, 0.29) is 19.1 Å². The van der Waals surface area contributed by atoms with Crippen molar-refractivity contribution in [1.82, 2.24) is 5.32 Å². The van der Waals surface area contributed by atoms with Crippen LogP contribution in [0.2, 0.25) is 0 Å². The van der Waals surface area contributed by atoms with Gasteiger partial charge in [0.05, 0.1) is 39.9 Å². The lowest BCUT2D eigenvalue weighted by Crippen LogP contribution is -2.46. The summed E-state index contributed by atoms with van der Waals surface area (Å²) in [7, 11) is 1.30. The van der Waals surface area contributed by atoms with Crippen molar-refractivity contribution < 1.29 is 32.9 Å². The molecule has 0 saturated carbocycles. The van der Waals surface area contributed by atoms with Crippen LogP contribution in [-0.4, -0.2) is 68.5 Å². The van der Waals surface area contributed by atoms with Crippen LogP contribution in [0.15, 0.2) is 48.6 Å². The number of amides is 1. The molecule has 0 aromatic heterocycles. The van der Waals surface area contributed by atoms with Gasteiger partial charge in [-0.25, -0.2) is 0 Å². The van der Waals surface area contributed by atoms with Crippen molar-refractivity contribution in [1.29, 1.82) is 0 Å². The van der Waals surface area contributed by atoms with Crippen LogP contribution in [0.25, 0.3) is 0 Å². The van der Waals surface area contributed by atoms with Gasteiger partial charge in [0, 0.05) is 6.42 Å². The summed E-state index contributed by atoms with van der Waals surface area (Å²) < 4.78 is 23.4. The number of carbonyl (C=O) groups excluding carboxylic acids is 1. The van der Waals surface area contributed by atoms with Gasteiger partial charge in [-0.1, -0.05) is 217 Å². The number of nitrogens with one attached hydrogen (secondary N) is 1. The molecule has 0 fully saturated rings. The SMILES string of the molecule is CC/C=C\C/C=C\C/C=C\C/C=C\CCCCCCCCCCC(=O)NC(COP(=O)([O-])OCC[N+](C)(C)C)C(O)CCCCCCCCCCCCCCCCCCCC. The monoisotopic (exact) mass is 879 g/mol. The smallest absolute Gasteiger partial charge is 0.268 e. The maximum absolute atomic E-state index is 12.9. The number of aliphatic hydroxyl groups excluding tert-OH is 1. The second-order valence-corrected chi connectivity index (χ2v) is 19.9. The molecule has 3 unspecified atom stereocenters. The van der Waals surface area contributed by atoms with E-state index in [2.05, 4.69) is 67.8 Å². The predicted octanol–water partition coefficient (Wildman–Crippen LogP) is 14.2. The molecular weight excluding hydrogens is 780 g/mol. The maximum Gasteiger partial charge on any atom is 0.268 e. The van der Waals surface area contributed by atoms with Crippen LogP contribution in [0.1, 0.15) is 226 Å². The summed E-state index contributed by atoms with van der Waals surface area (Å²) in [5.41, 5.74) is 0. The molecule has 0 spiro atoms. The van der Waals surface area contributed by atoms with E-state index < -0.39 is 20.0 Å². The minimum atomic E-state index is -4.57. The Kier molecular flexibility index (Phi) is 42.6. The van der Waals surface area contributed by atoms with E-state index in [0.29, 0.717) is 23.9 Å². The van der Waals surface area contributed by atoms with Crippen LogP contribution in [0.5, 0.6) is 0 Å². The third-order valence-corrected chi connectivity index (χ3v) is 12.3. The zero-order valence-corrected chi connectivity index (χ0v) is 41.5. The molecule has 0 heterocycles. The molecule has 0 aliphatic heterocycles. The summed E-state index contributed by atoms with van der Waals surface area (Å²) in [4.78, 5) is 25.4. The third-order valence-electron chi connectivity index (χ3n) is 11.3. The van der Waals surface area contributed by atoms with Gasteiger partial charge < -0.3 is 28.8 Å². The second-order valence-electron chi connectivity index (χ2n) is 18.5. The van der Waals surface area contributed by atoms with E-state index >= 15 is 0 Å². The molecule has 9 heteroatoms. The molecule has 3 atom stereocenters. The van der Waals surface area contributed by atoms with E-state index in [4.69, 9.17) is 9.05 Å². The van der Waals surface area contributed by atoms with Crippen LogP contribution < -0.4 is 10.2 Å². The standard InChI is InChI=1S/C52H99N2O6P/c1-6-8-10-12-14-16-18-20-22-24-26-27-28-30-32-34-36-38-40-42-44-46-52(56)53-50(49-60-61(57,58)59-48-47-54(3,4)5)51(55)45-43-41-39-37-35-33-31-29-25-23-21-19-17-15-13-11-9-7-2/h8,10,14,16,20,22,26-27,50-51,55H,6-7,9,11-13,15,17-19,21,23-25,28-49H2,1-5H3,(H-,53,56,57,58)/b10-8-,16-14-,22-20-,27-26-. The number of nitrogens with zero attached hydrogens (tertiary/aromatic N) is 1. The molecular formula is C52H99N2O6P. The average Bonchev–Trinajstić information content (AvgIpc) is 3.21. The number of carbonyl (C=O) groups is 1. The largest absolute Gasteiger partial charge is 0.756 e. The Balaban J connectivity index is 4.28. The molecule has 0 bridgehead atoms. The molecule has 61 heavy (non-hydrogen) atoms. The van der Waals surface area contributed by atoms with Gasteiger partial charge in [-0.3, -0.25) is 9.36 Å². The topological polar surface area (TPSA) is 108 Å². The van der Waals surface area contributed by atoms with E-state index in [1.807, 2.05) is 21.1 Å². The van der Waals surface area contributed by atoms with Crippen molar-refractivity contribution >= 4 is 13.7 Å². The number of phosphoric ester groups is 1. The number of phosphoric acid groups is 1. The van der Waals surface area contributed by atoms with E-state index in [1.165, 1.54) is 128 Å².